The lowest BCUT2D eigenvalue weighted by molar-refractivity contribution is -0.206. The summed E-state index contributed by atoms with van der Waals surface area (Å²) in [5.41, 5.74) is 0. The Morgan fingerprint density at radius 2 is 0.833 bits per heavy atom. The van der Waals surface area contributed by atoms with Gasteiger partial charge in [0.1, 0.15) is 30.5 Å². The Bertz CT molecular complexity index is 107. The Morgan fingerprint density at radius 3 is 1.17 bits per heavy atom. The third kappa shape index (κ3) is 1.32. The summed E-state index contributed by atoms with van der Waals surface area (Å²) in [7, 11) is 0. The predicted octanol–water partition coefficient (Wildman–Crippen LogP) is -2.86. The molecule has 1 saturated carbocycles. The summed E-state index contributed by atoms with van der Waals surface area (Å²) >= 11 is 0. The minimum Gasteiger partial charge on any atom is -0.387 e. The van der Waals surface area contributed by atoms with Crippen molar-refractivity contribution < 1.29 is 29.9 Å². The molecule has 0 spiro atoms. The van der Waals surface area contributed by atoms with Crippen molar-refractivity contribution in [2.75, 3.05) is 0 Å². The van der Waals surface area contributed by atoms with Gasteiger partial charge in [-0.05, 0) is 0 Å². The molecule has 0 aromatic rings. The summed E-state index contributed by atoms with van der Waals surface area (Å²) in [5.74, 6) is 0. The Hall–Kier alpha value is -0.270. The van der Waals surface area contributed by atoms with E-state index in [1.165, 1.54) is 0 Å². The fourth-order valence-electron chi connectivity index (χ4n) is 1.18. The average Bonchev–Trinajstić information content (AvgIpc) is 2.08. The van der Waals surface area contributed by atoms with Gasteiger partial charge in [0.15, 0.2) is 6.17 Å². The zero-order valence-electron chi connectivity index (χ0n) is 6.08. The first-order valence-corrected chi connectivity index (χ1v) is 3.51. The summed E-state index contributed by atoms with van der Waals surface area (Å²) in [5, 5.41) is 44.4. The van der Waals surface area contributed by atoms with Gasteiger partial charge >= 0.3 is 0 Å². The van der Waals surface area contributed by atoms with Crippen LogP contribution in [0.1, 0.15) is 0 Å². The zero-order valence-corrected chi connectivity index (χ0v) is 6.08. The molecular formula is C6H11FO5. The van der Waals surface area contributed by atoms with Crippen LogP contribution in [0.3, 0.4) is 0 Å². The second-order valence-corrected chi connectivity index (χ2v) is 2.90. The van der Waals surface area contributed by atoms with Crippen LogP contribution in [-0.2, 0) is 0 Å². The van der Waals surface area contributed by atoms with Gasteiger partial charge in [-0.1, -0.05) is 0 Å². The highest BCUT2D eigenvalue weighted by atomic mass is 19.1. The standard InChI is InChI=1S/C6H11FO5/c7-1-2(8)4(10)6(12)5(11)3(1)9/h1-6,8-12H/t1-,2-,3+,4-,5-,6+/m1/s1. The molecule has 12 heavy (non-hydrogen) atoms. The van der Waals surface area contributed by atoms with Gasteiger partial charge in [0.05, 0.1) is 0 Å². The molecule has 0 aromatic carbocycles. The van der Waals surface area contributed by atoms with Gasteiger partial charge < -0.3 is 25.5 Å². The van der Waals surface area contributed by atoms with Crippen molar-refractivity contribution in [2.24, 2.45) is 0 Å². The van der Waals surface area contributed by atoms with Crippen molar-refractivity contribution in [2.45, 2.75) is 36.7 Å². The zero-order chi connectivity index (χ0) is 9.46. The van der Waals surface area contributed by atoms with Gasteiger partial charge in [-0.25, -0.2) is 4.39 Å². The van der Waals surface area contributed by atoms with Gasteiger partial charge in [0.2, 0.25) is 0 Å². The third-order valence-corrected chi connectivity index (χ3v) is 2.05. The van der Waals surface area contributed by atoms with Crippen molar-refractivity contribution in [1.82, 2.24) is 0 Å². The topological polar surface area (TPSA) is 101 Å². The minimum absolute atomic E-state index is 1.72. The first-order valence-electron chi connectivity index (χ1n) is 3.51. The van der Waals surface area contributed by atoms with Gasteiger partial charge in [-0.15, -0.1) is 0 Å². The molecule has 0 radical (unpaired) electrons. The SMILES string of the molecule is O[C@@H]1[C@H](O)[C@@H](O)[C@H](F)[C@@H](O)[C@H]1O. The van der Waals surface area contributed by atoms with Crippen molar-refractivity contribution >= 4 is 0 Å². The molecule has 0 heterocycles. The first-order chi connectivity index (χ1) is 5.46. The van der Waals surface area contributed by atoms with E-state index in [1.807, 2.05) is 0 Å². The second kappa shape index (κ2) is 3.23. The van der Waals surface area contributed by atoms with Crippen LogP contribution in [0, 0.1) is 0 Å². The van der Waals surface area contributed by atoms with Crippen LogP contribution in [0.4, 0.5) is 4.39 Å². The highest BCUT2D eigenvalue weighted by Gasteiger charge is 2.48. The fraction of sp³-hybridized carbons (Fsp3) is 1.00. The monoisotopic (exact) mass is 182 g/mol. The highest BCUT2D eigenvalue weighted by Crippen LogP contribution is 2.23. The Labute approximate surface area is 67.7 Å². The molecular weight excluding hydrogens is 171 g/mol. The number of rotatable bonds is 0. The number of hydrogen-bond donors (Lipinski definition) is 5. The molecule has 1 rings (SSSR count). The number of hydrogen-bond acceptors (Lipinski definition) is 5. The molecule has 0 aromatic heterocycles. The molecule has 0 bridgehead atoms. The van der Waals surface area contributed by atoms with E-state index in [2.05, 4.69) is 0 Å². The minimum atomic E-state index is -2.14. The summed E-state index contributed by atoms with van der Waals surface area (Å²) < 4.78 is 12.7. The molecule has 1 aliphatic carbocycles. The largest absolute Gasteiger partial charge is 0.387 e. The van der Waals surface area contributed by atoms with E-state index in [-0.39, 0.29) is 0 Å². The lowest BCUT2D eigenvalue weighted by Crippen LogP contribution is -2.62. The molecule has 6 heteroatoms. The van der Waals surface area contributed by atoms with E-state index in [4.69, 9.17) is 25.5 Å². The Balaban J connectivity index is 2.76. The number of alkyl halides is 1. The summed E-state index contributed by atoms with van der Waals surface area (Å²) in [6, 6.07) is 0. The lowest BCUT2D eigenvalue weighted by atomic mass is 9.86. The van der Waals surface area contributed by atoms with Gasteiger partial charge in [0, 0.05) is 0 Å². The molecule has 0 unspecified atom stereocenters. The molecule has 5 N–H and O–H groups in total. The van der Waals surface area contributed by atoms with Gasteiger partial charge in [0.25, 0.3) is 0 Å². The van der Waals surface area contributed by atoms with Crippen molar-refractivity contribution in [3.63, 3.8) is 0 Å². The van der Waals surface area contributed by atoms with Crippen LogP contribution in [-0.4, -0.2) is 62.2 Å². The fourth-order valence-corrected chi connectivity index (χ4v) is 1.18. The third-order valence-electron chi connectivity index (χ3n) is 2.05. The molecule has 6 atom stereocenters. The number of halogens is 1. The second-order valence-electron chi connectivity index (χ2n) is 2.90. The van der Waals surface area contributed by atoms with Crippen molar-refractivity contribution in [3.05, 3.63) is 0 Å². The van der Waals surface area contributed by atoms with E-state index in [1.54, 1.807) is 0 Å². The Kier molecular flexibility index (Phi) is 2.64. The molecule has 0 amide bonds. The number of aliphatic hydroxyl groups is 5. The molecule has 1 aliphatic rings. The average molecular weight is 182 g/mol. The molecule has 0 saturated heterocycles. The molecule has 0 aliphatic heterocycles. The molecule has 1 fully saturated rings. The van der Waals surface area contributed by atoms with Crippen LogP contribution in [0.5, 0.6) is 0 Å². The van der Waals surface area contributed by atoms with Crippen LogP contribution >= 0.6 is 0 Å². The lowest BCUT2D eigenvalue weighted by Gasteiger charge is -2.38. The summed E-state index contributed by atoms with van der Waals surface area (Å²) in [6.45, 7) is 0. The van der Waals surface area contributed by atoms with Crippen molar-refractivity contribution in [3.8, 4) is 0 Å². The highest BCUT2D eigenvalue weighted by molar-refractivity contribution is 4.98. The summed E-state index contributed by atoms with van der Waals surface area (Å²) in [6.07, 6.45) is -11.1. The van der Waals surface area contributed by atoms with Crippen LogP contribution in [0.25, 0.3) is 0 Å². The maximum Gasteiger partial charge on any atom is 0.157 e. The normalized spacial score (nSPS) is 55.5. The van der Waals surface area contributed by atoms with E-state index >= 15 is 0 Å². The summed E-state index contributed by atoms with van der Waals surface area (Å²) in [4.78, 5) is 0. The van der Waals surface area contributed by atoms with Crippen LogP contribution in [0.15, 0.2) is 0 Å². The number of aliphatic hydroxyl groups excluding tert-OH is 5. The maximum atomic E-state index is 12.7. The van der Waals surface area contributed by atoms with Crippen molar-refractivity contribution in [1.29, 1.82) is 0 Å². The predicted molar refractivity (Wildman–Crippen MR) is 34.9 cm³/mol. The quantitative estimate of drug-likeness (QED) is 0.277. The van der Waals surface area contributed by atoms with E-state index in [9.17, 15) is 4.39 Å². The van der Waals surface area contributed by atoms with E-state index in [0.717, 1.165) is 0 Å². The molecule has 72 valence electrons. The van der Waals surface area contributed by atoms with E-state index in [0.29, 0.717) is 0 Å². The maximum absolute atomic E-state index is 12.7. The van der Waals surface area contributed by atoms with Gasteiger partial charge in [-0.3, -0.25) is 0 Å². The first kappa shape index (κ1) is 9.82. The van der Waals surface area contributed by atoms with Crippen LogP contribution < -0.4 is 0 Å². The molecule has 5 nitrogen and oxygen atoms in total. The Morgan fingerprint density at radius 1 is 0.583 bits per heavy atom. The van der Waals surface area contributed by atoms with Crippen LogP contribution in [0.2, 0.25) is 0 Å². The van der Waals surface area contributed by atoms with E-state index < -0.39 is 36.7 Å². The smallest absolute Gasteiger partial charge is 0.157 e. The van der Waals surface area contributed by atoms with Gasteiger partial charge in [-0.2, -0.15) is 0 Å².